The third-order valence-electron chi connectivity index (χ3n) is 3.90. The lowest BCUT2D eigenvalue weighted by Crippen LogP contribution is -2.39. The summed E-state index contributed by atoms with van der Waals surface area (Å²) in [5.74, 6) is 2.12. The third-order valence-corrected chi connectivity index (χ3v) is 4.30. The first kappa shape index (κ1) is 11.3. The minimum Gasteiger partial charge on any atom is -0.353 e. The molecule has 2 aliphatic carbocycles. The van der Waals surface area contributed by atoms with Crippen LogP contribution < -0.4 is 5.32 Å². The van der Waals surface area contributed by atoms with Crippen LogP contribution in [0.4, 0.5) is 0 Å². The number of halogens is 1. The summed E-state index contributed by atoms with van der Waals surface area (Å²) >= 11 is 5.88. The number of alkyl halides is 1. The standard InChI is InChI=1S/C12H20ClNO/c13-8-10-5-2-6-11(10)14-12(15)7-9-3-1-4-9/h9-11H,1-8H2,(H,14,15). The van der Waals surface area contributed by atoms with E-state index in [1.165, 1.54) is 32.1 Å². The fourth-order valence-corrected chi connectivity index (χ4v) is 3.01. The lowest BCUT2D eigenvalue weighted by atomic mass is 9.83. The van der Waals surface area contributed by atoms with Crippen molar-refractivity contribution in [3.63, 3.8) is 0 Å². The molecule has 0 heterocycles. The second-order valence-electron chi connectivity index (χ2n) is 5.02. The smallest absolute Gasteiger partial charge is 0.220 e. The van der Waals surface area contributed by atoms with Gasteiger partial charge in [-0.15, -0.1) is 11.6 Å². The molecule has 1 N–H and O–H groups in total. The predicted molar refractivity (Wildman–Crippen MR) is 61.9 cm³/mol. The summed E-state index contributed by atoms with van der Waals surface area (Å²) in [6, 6.07) is 0.357. The molecule has 0 aromatic rings. The molecule has 0 aliphatic heterocycles. The number of carbonyl (C=O) groups excluding carboxylic acids is 1. The number of rotatable bonds is 4. The van der Waals surface area contributed by atoms with E-state index >= 15 is 0 Å². The van der Waals surface area contributed by atoms with Gasteiger partial charge >= 0.3 is 0 Å². The molecule has 0 radical (unpaired) electrons. The Balaban J connectivity index is 1.72. The van der Waals surface area contributed by atoms with Crippen LogP contribution in [-0.4, -0.2) is 17.8 Å². The van der Waals surface area contributed by atoms with Crippen LogP contribution in [0.15, 0.2) is 0 Å². The number of nitrogens with one attached hydrogen (secondary N) is 1. The SMILES string of the molecule is O=C(CC1CCC1)NC1CCCC1CCl. The molecule has 2 aliphatic rings. The van der Waals surface area contributed by atoms with E-state index in [-0.39, 0.29) is 5.91 Å². The zero-order valence-corrected chi connectivity index (χ0v) is 9.93. The van der Waals surface area contributed by atoms with Crippen molar-refractivity contribution in [1.82, 2.24) is 5.32 Å². The van der Waals surface area contributed by atoms with E-state index in [4.69, 9.17) is 11.6 Å². The molecule has 0 aromatic carbocycles. The van der Waals surface area contributed by atoms with Crippen molar-refractivity contribution in [2.75, 3.05) is 5.88 Å². The lowest BCUT2D eigenvalue weighted by Gasteiger charge is -2.26. The molecule has 0 spiro atoms. The first-order valence-corrected chi connectivity index (χ1v) is 6.68. The second-order valence-corrected chi connectivity index (χ2v) is 5.33. The Morgan fingerprint density at radius 2 is 1.93 bits per heavy atom. The summed E-state index contributed by atoms with van der Waals surface area (Å²) in [7, 11) is 0. The normalized spacial score (nSPS) is 31.3. The summed E-state index contributed by atoms with van der Waals surface area (Å²) in [6.07, 6.45) is 8.06. The van der Waals surface area contributed by atoms with Gasteiger partial charge in [0, 0.05) is 18.3 Å². The summed E-state index contributed by atoms with van der Waals surface area (Å²) in [4.78, 5) is 11.7. The molecule has 2 nitrogen and oxygen atoms in total. The molecule has 15 heavy (non-hydrogen) atoms. The van der Waals surface area contributed by atoms with Crippen molar-refractivity contribution in [2.45, 2.75) is 51.0 Å². The highest BCUT2D eigenvalue weighted by Crippen LogP contribution is 2.30. The fraction of sp³-hybridized carbons (Fsp3) is 0.917. The molecular formula is C12H20ClNO. The second kappa shape index (κ2) is 5.20. The summed E-state index contributed by atoms with van der Waals surface area (Å²) in [5.41, 5.74) is 0. The third kappa shape index (κ3) is 2.87. The van der Waals surface area contributed by atoms with Gasteiger partial charge in [0.15, 0.2) is 0 Å². The molecular weight excluding hydrogens is 210 g/mol. The molecule has 2 fully saturated rings. The van der Waals surface area contributed by atoms with E-state index in [0.717, 1.165) is 12.8 Å². The number of amides is 1. The number of hydrogen-bond donors (Lipinski definition) is 1. The van der Waals surface area contributed by atoms with Crippen LogP contribution in [0.2, 0.25) is 0 Å². The zero-order valence-electron chi connectivity index (χ0n) is 9.18. The largest absolute Gasteiger partial charge is 0.353 e. The Labute approximate surface area is 96.8 Å². The molecule has 86 valence electrons. The Morgan fingerprint density at radius 3 is 2.53 bits per heavy atom. The lowest BCUT2D eigenvalue weighted by molar-refractivity contribution is -0.123. The summed E-state index contributed by atoms with van der Waals surface area (Å²) < 4.78 is 0. The van der Waals surface area contributed by atoms with Crippen LogP contribution in [-0.2, 0) is 4.79 Å². The van der Waals surface area contributed by atoms with Crippen molar-refractivity contribution < 1.29 is 4.79 Å². The Hall–Kier alpha value is -0.240. The van der Waals surface area contributed by atoms with Gasteiger partial charge in [0.25, 0.3) is 0 Å². The molecule has 2 saturated carbocycles. The van der Waals surface area contributed by atoms with Gasteiger partial charge in [0.2, 0.25) is 5.91 Å². The molecule has 0 bridgehead atoms. The van der Waals surface area contributed by atoms with Crippen molar-refractivity contribution in [2.24, 2.45) is 11.8 Å². The maximum Gasteiger partial charge on any atom is 0.220 e. The average molecular weight is 230 g/mol. The highest BCUT2D eigenvalue weighted by atomic mass is 35.5. The Morgan fingerprint density at radius 1 is 1.20 bits per heavy atom. The molecule has 1 amide bonds. The minimum atomic E-state index is 0.252. The monoisotopic (exact) mass is 229 g/mol. The number of carbonyl (C=O) groups is 1. The summed E-state index contributed by atoms with van der Waals surface area (Å²) in [6.45, 7) is 0. The van der Waals surface area contributed by atoms with E-state index in [2.05, 4.69) is 5.32 Å². The van der Waals surface area contributed by atoms with Crippen LogP contribution >= 0.6 is 11.6 Å². The van der Waals surface area contributed by atoms with Crippen molar-refractivity contribution in [3.8, 4) is 0 Å². The first-order valence-electron chi connectivity index (χ1n) is 6.15. The quantitative estimate of drug-likeness (QED) is 0.738. The minimum absolute atomic E-state index is 0.252. The van der Waals surface area contributed by atoms with Crippen molar-refractivity contribution in [1.29, 1.82) is 0 Å². The van der Waals surface area contributed by atoms with Gasteiger partial charge in [0.05, 0.1) is 0 Å². The molecule has 3 heteroatoms. The van der Waals surface area contributed by atoms with Gasteiger partial charge in [-0.2, -0.15) is 0 Å². The maximum atomic E-state index is 11.7. The average Bonchev–Trinajstić information content (AvgIpc) is 2.59. The van der Waals surface area contributed by atoms with Gasteiger partial charge < -0.3 is 5.32 Å². The highest BCUT2D eigenvalue weighted by molar-refractivity contribution is 6.18. The van der Waals surface area contributed by atoms with Gasteiger partial charge in [-0.1, -0.05) is 12.8 Å². The Bertz CT molecular complexity index is 228. The van der Waals surface area contributed by atoms with Gasteiger partial charge in [0.1, 0.15) is 0 Å². The molecule has 0 saturated heterocycles. The van der Waals surface area contributed by atoms with Crippen LogP contribution in [0, 0.1) is 11.8 Å². The van der Waals surface area contributed by atoms with E-state index in [1.54, 1.807) is 0 Å². The van der Waals surface area contributed by atoms with E-state index in [0.29, 0.717) is 23.8 Å². The molecule has 0 aromatic heterocycles. The predicted octanol–water partition coefficient (Wildman–Crippen LogP) is 2.70. The van der Waals surface area contributed by atoms with Gasteiger partial charge in [-0.25, -0.2) is 0 Å². The van der Waals surface area contributed by atoms with E-state index in [1.807, 2.05) is 0 Å². The van der Waals surface area contributed by atoms with Crippen LogP contribution in [0.1, 0.15) is 44.9 Å². The molecule has 2 unspecified atom stereocenters. The Kier molecular flexibility index (Phi) is 3.90. The van der Waals surface area contributed by atoms with Crippen molar-refractivity contribution in [3.05, 3.63) is 0 Å². The zero-order chi connectivity index (χ0) is 10.7. The van der Waals surface area contributed by atoms with Crippen LogP contribution in [0.5, 0.6) is 0 Å². The number of hydrogen-bond acceptors (Lipinski definition) is 1. The maximum absolute atomic E-state index is 11.7. The van der Waals surface area contributed by atoms with E-state index in [9.17, 15) is 4.79 Å². The van der Waals surface area contributed by atoms with Crippen LogP contribution in [0.3, 0.4) is 0 Å². The van der Waals surface area contributed by atoms with E-state index < -0.39 is 0 Å². The first-order chi connectivity index (χ1) is 7.29. The van der Waals surface area contributed by atoms with Crippen molar-refractivity contribution >= 4 is 17.5 Å². The summed E-state index contributed by atoms with van der Waals surface area (Å²) in [5, 5.41) is 3.16. The molecule has 2 rings (SSSR count). The fourth-order valence-electron chi connectivity index (χ4n) is 2.64. The van der Waals surface area contributed by atoms with Crippen LogP contribution in [0.25, 0.3) is 0 Å². The van der Waals surface area contributed by atoms with Gasteiger partial charge in [-0.05, 0) is 37.5 Å². The highest BCUT2D eigenvalue weighted by Gasteiger charge is 2.29. The topological polar surface area (TPSA) is 29.1 Å². The molecule has 2 atom stereocenters. The van der Waals surface area contributed by atoms with Gasteiger partial charge in [-0.3, -0.25) is 4.79 Å².